The molecule has 21 heavy (non-hydrogen) atoms. The Bertz CT molecular complexity index is 636. The standard InChI is InChI=1S/C13H16N4O2S2/c1-2-3-10(18)15-5-4-11-16-9(7-20-11)13-17-8(6-21-13)12(14)19/h6-7H,2-5H2,1H3,(H2,14,19)(H,15,18). The van der Waals surface area contributed by atoms with Crippen molar-refractivity contribution in [2.45, 2.75) is 26.2 Å². The number of hydrogen-bond acceptors (Lipinski definition) is 6. The first kappa shape index (κ1) is 15.6. The summed E-state index contributed by atoms with van der Waals surface area (Å²) in [6.07, 6.45) is 2.09. The van der Waals surface area contributed by atoms with Gasteiger partial charge in [0.05, 0.1) is 5.01 Å². The highest BCUT2D eigenvalue weighted by atomic mass is 32.1. The number of rotatable bonds is 7. The van der Waals surface area contributed by atoms with E-state index in [-0.39, 0.29) is 11.6 Å². The number of primary amides is 1. The minimum Gasteiger partial charge on any atom is -0.364 e. The molecule has 0 fully saturated rings. The lowest BCUT2D eigenvalue weighted by Crippen LogP contribution is -2.25. The van der Waals surface area contributed by atoms with E-state index in [0.29, 0.717) is 24.4 Å². The number of carbonyl (C=O) groups excluding carboxylic acids is 2. The third kappa shape index (κ3) is 4.33. The Labute approximate surface area is 130 Å². The molecular formula is C13H16N4O2S2. The van der Waals surface area contributed by atoms with E-state index >= 15 is 0 Å². The van der Waals surface area contributed by atoms with Gasteiger partial charge in [0, 0.05) is 30.1 Å². The summed E-state index contributed by atoms with van der Waals surface area (Å²) in [5, 5.41) is 7.99. The maximum Gasteiger partial charge on any atom is 0.268 e. The highest BCUT2D eigenvalue weighted by molar-refractivity contribution is 7.14. The number of hydrogen-bond donors (Lipinski definition) is 2. The molecule has 8 heteroatoms. The summed E-state index contributed by atoms with van der Waals surface area (Å²) >= 11 is 2.86. The Kier molecular flexibility index (Phi) is 5.40. The highest BCUT2D eigenvalue weighted by Gasteiger charge is 2.11. The van der Waals surface area contributed by atoms with Crippen LogP contribution in [-0.4, -0.2) is 28.3 Å². The fourth-order valence-electron chi connectivity index (χ4n) is 1.65. The van der Waals surface area contributed by atoms with Crippen LogP contribution in [0.25, 0.3) is 10.7 Å². The molecule has 0 aliphatic carbocycles. The number of aromatic nitrogens is 2. The topological polar surface area (TPSA) is 98.0 Å². The zero-order valence-electron chi connectivity index (χ0n) is 11.6. The van der Waals surface area contributed by atoms with Crippen LogP contribution in [0.1, 0.15) is 35.3 Å². The number of nitrogens with zero attached hydrogens (tertiary/aromatic N) is 2. The molecule has 0 bridgehead atoms. The van der Waals surface area contributed by atoms with Crippen LogP contribution in [0.5, 0.6) is 0 Å². The summed E-state index contributed by atoms with van der Waals surface area (Å²) < 4.78 is 0. The number of amides is 2. The van der Waals surface area contributed by atoms with Crippen molar-refractivity contribution in [3.8, 4) is 10.7 Å². The van der Waals surface area contributed by atoms with Crippen LogP contribution in [0.3, 0.4) is 0 Å². The second-order valence-corrected chi connectivity index (χ2v) is 6.18. The molecule has 0 saturated carbocycles. The Morgan fingerprint density at radius 2 is 2.10 bits per heavy atom. The van der Waals surface area contributed by atoms with E-state index in [2.05, 4.69) is 15.3 Å². The van der Waals surface area contributed by atoms with E-state index in [1.165, 1.54) is 22.7 Å². The lowest BCUT2D eigenvalue weighted by molar-refractivity contribution is -0.121. The lowest BCUT2D eigenvalue weighted by atomic mass is 10.3. The first-order chi connectivity index (χ1) is 10.1. The Morgan fingerprint density at radius 1 is 1.29 bits per heavy atom. The molecule has 0 atom stereocenters. The highest BCUT2D eigenvalue weighted by Crippen LogP contribution is 2.25. The van der Waals surface area contributed by atoms with Gasteiger partial charge in [-0.15, -0.1) is 22.7 Å². The minimum atomic E-state index is -0.536. The average molecular weight is 324 g/mol. The molecule has 2 rings (SSSR count). The summed E-state index contributed by atoms with van der Waals surface area (Å²) in [7, 11) is 0. The van der Waals surface area contributed by atoms with Crippen LogP contribution in [0.2, 0.25) is 0 Å². The van der Waals surface area contributed by atoms with Gasteiger partial charge in [0.1, 0.15) is 16.4 Å². The largest absolute Gasteiger partial charge is 0.364 e. The van der Waals surface area contributed by atoms with Crippen LogP contribution in [0.4, 0.5) is 0 Å². The SMILES string of the molecule is CCCC(=O)NCCc1nc(-c2nc(C(N)=O)cs2)cs1. The zero-order valence-corrected chi connectivity index (χ0v) is 13.2. The molecular weight excluding hydrogens is 308 g/mol. The molecule has 3 N–H and O–H groups in total. The summed E-state index contributed by atoms with van der Waals surface area (Å²) in [6.45, 7) is 2.55. The lowest BCUT2D eigenvalue weighted by Gasteiger charge is -2.01. The number of carbonyl (C=O) groups is 2. The van der Waals surface area contributed by atoms with Gasteiger partial charge in [-0.1, -0.05) is 6.92 Å². The van der Waals surface area contributed by atoms with Crippen LogP contribution in [0, 0.1) is 0 Å². The van der Waals surface area contributed by atoms with Crippen molar-refractivity contribution in [3.63, 3.8) is 0 Å². The summed E-state index contributed by atoms with van der Waals surface area (Å²) in [6, 6.07) is 0. The van der Waals surface area contributed by atoms with E-state index in [9.17, 15) is 9.59 Å². The van der Waals surface area contributed by atoms with Gasteiger partial charge >= 0.3 is 0 Å². The van der Waals surface area contributed by atoms with E-state index in [0.717, 1.165) is 17.1 Å². The number of nitrogens with two attached hydrogens (primary N) is 1. The van der Waals surface area contributed by atoms with Crippen molar-refractivity contribution in [1.29, 1.82) is 0 Å². The number of nitrogens with one attached hydrogen (secondary N) is 1. The summed E-state index contributed by atoms with van der Waals surface area (Å²) in [4.78, 5) is 31.0. The smallest absolute Gasteiger partial charge is 0.268 e. The Hall–Kier alpha value is -1.80. The maximum atomic E-state index is 11.3. The van der Waals surface area contributed by atoms with Crippen LogP contribution >= 0.6 is 22.7 Å². The molecule has 6 nitrogen and oxygen atoms in total. The molecule has 0 saturated heterocycles. The van der Waals surface area contributed by atoms with E-state index in [1.54, 1.807) is 5.38 Å². The first-order valence-corrected chi connectivity index (χ1v) is 8.33. The van der Waals surface area contributed by atoms with Crippen molar-refractivity contribution < 1.29 is 9.59 Å². The van der Waals surface area contributed by atoms with Gasteiger partial charge < -0.3 is 11.1 Å². The second-order valence-electron chi connectivity index (χ2n) is 4.38. The molecule has 0 aliphatic heterocycles. The molecule has 0 aromatic carbocycles. The van der Waals surface area contributed by atoms with E-state index < -0.39 is 5.91 Å². The van der Waals surface area contributed by atoms with Crippen molar-refractivity contribution in [3.05, 3.63) is 21.5 Å². The van der Waals surface area contributed by atoms with Crippen molar-refractivity contribution >= 4 is 34.5 Å². The van der Waals surface area contributed by atoms with Gasteiger partial charge in [-0.25, -0.2) is 9.97 Å². The van der Waals surface area contributed by atoms with Gasteiger partial charge in [-0.3, -0.25) is 9.59 Å². The molecule has 0 unspecified atom stereocenters. The Morgan fingerprint density at radius 3 is 2.76 bits per heavy atom. The normalized spacial score (nSPS) is 10.5. The van der Waals surface area contributed by atoms with Crippen LogP contribution < -0.4 is 11.1 Å². The molecule has 2 amide bonds. The minimum absolute atomic E-state index is 0.0697. The summed E-state index contributed by atoms with van der Waals surface area (Å²) in [5.74, 6) is -0.466. The molecule has 2 heterocycles. The molecule has 0 radical (unpaired) electrons. The third-order valence-electron chi connectivity index (χ3n) is 2.67. The van der Waals surface area contributed by atoms with E-state index in [4.69, 9.17) is 5.73 Å². The quantitative estimate of drug-likeness (QED) is 0.811. The average Bonchev–Trinajstić information content (AvgIpc) is 3.07. The fourth-order valence-corrected chi connectivity index (χ4v) is 3.28. The van der Waals surface area contributed by atoms with Crippen molar-refractivity contribution in [1.82, 2.24) is 15.3 Å². The number of thiazole rings is 2. The third-order valence-corrected chi connectivity index (χ3v) is 4.44. The van der Waals surface area contributed by atoms with Crippen LogP contribution in [0.15, 0.2) is 10.8 Å². The predicted molar refractivity (Wildman–Crippen MR) is 83.4 cm³/mol. The van der Waals surface area contributed by atoms with Gasteiger partial charge in [-0.2, -0.15) is 0 Å². The predicted octanol–water partition coefficient (Wildman–Crippen LogP) is 1.82. The van der Waals surface area contributed by atoms with Gasteiger partial charge in [0.15, 0.2) is 0 Å². The maximum absolute atomic E-state index is 11.3. The zero-order chi connectivity index (χ0) is 15.2. The van der Waals surface area contributed by atoms with Crippen LogP contribution in [-0.2, 0) is 11.2 Å². The first-order valence-electron chi connectivity index (χ1n) is 6.57. The molecule has 0 aliphatic rings. The van der Waals surface area contributed by atoms with Crippen molar-refractivity contribution in [2.24, 2.45) is 5.73 Å². The fraction of sp³-hybridized carbons (Fsp3) is 0.385. The van der Waals surface area contributed by atoms with Gasteiger partial charge in [0.2, 0.25) is 5.91 Å². The van der Waals surface area contributed by atoms with E-state index in [1.807, 2.05) is 12.3 Å². The molecule has 112 valence electrons. The molecule has 2 aromatic rings. The van der Waals surface area contributed by atoms with Crippen molar-refractivity contribution in [2.75, 3.05) is 6.54 Å². The summed E-state index contributed by atoms with van der Waals surface area (Å²) in [5.41, 5.74) is 6.18. The van der Waals surface area contributed by atoms with Gasteiger partial charge in [0.25, 0.3) is 5.91 Å². The van der Waals surface area contributed by atoms with Gasteiger partial charge in [-0.05, 0) is 6.42 Å². The Balaban J connectivity index is 1.91. The molecule has 2 aromatic heterocycles. The monoisotopic (exact) mass is 324 g/mol. The molecule has 0 spiro atoms. The second kappa shape index (κ2) is 7.28.